The molecule has 2 rings (SSSR count). The molecule has 0 aromatic heterocycles. The van der Waals surface area contributed by atoms with Crippen LogP contribution in [0.25, 0.3) is 0 Å². The molecule has 3 nitrogen and oxygen atoms in total. The van der Waals surface area contributed by atoms with Crippen molar-refractivity contribution in [2.45, 2.75) is 46.1 Å². The lowest BCUT2D eigenvalue weighted by molar-refractivity contribution is -0.124. The van der Waals surface area contributed by atoms with Crippen LogP contribution in [0.5, 0.6) is 5.75 Å². The molecule has 1 aromatic rings. The number of carbonyl (C=O) groups excluding carboxylic acids is 1. The number of hydrogen-bond acceptors (Lipinski definition) is 2. The molecule has 0 bridgehead atoms. The first kappa shape index (κ1) is 14.9. The molecule has 1 aliphatic carbocycles. The predicted octanol–water partition coefficient (Wildman–Crippen LogP) is 3.31. The zero-order chi connectivity index (χ0) is 14.5. The summed E-state index contributed by atoms with van der Waals surface area (Å²) in [6, 6.07) is 8.07. The number of benzene rings is 1. The molecule has 3 atom stereocenters. The van der Waals surface area contributed by atoms with Gasteiger partial charge in [-0.15, -0.1) is 0 Å². The topological polar surface area (TPSA) is 38.3 Å². The van der Waals surface area contributed by atoms with Crippen LogP contribution in [0.4, 0.5) is 0 Å². The molecule has 0 unspecified atom stereocenters. The first-order valence-corrected chi connectivity index (χ1v) is 7.55. The van der Waals surface area contributed by atoms with Crippen molar-refractivity contribution in [2.24, 2.45) is 11.8 Å². The van der Waals surface area contributed by atoms with E-state index in [1.54, 1.807) is 0 Å². The summed E-state index contributed by atoms with van der Waals surface area (Å²) in [6.45, 7) is 6.61. The number of amides is 1. The van der Waals surface area contributed by atoms with E-state index in [1.165, 1.54) is 12.8 Å². The number of nitrogens with one attached hydrogen (secondary N) is 1. The monoisotopic (exact) mass is 275 g/mol. The summed E-state index contributed by atoms with van der Waals surface area (Å²) in [5, 5.41) is 3.12. The Morgan fingerprint density at radius 3 is 2.90 bits per heavy atom. The Hall–Kier alpha value is -1.51. The fourth-order valence-electron chi connectivity index (χ4n) is 2.89. The maximum atomic E-state index is 12.0. The Kier molecular flexibility index (Phi) is 5.05. The van der Waals surface area contributed by atoms with Gasteiger partial charge in [-0.05, 0) is 42.9 Å². The van der Waals surface area contributed by atoms with E-state index in [-0.39, 0.29) is 12.5 Å². The third-order valence-corrected chi connectivity index (χ3v) is 4.41. The Morgan fingerprint density at radius 2 is 2.15 bits per heavy atom. The summed E-state index contributed by atoms with van der Waals surface area (Å²) in [5.74, 6) is 1.97. The molecule has 0 aliphatic heterocycles. The molecule has 1 fully saturated rings. The minimum atomic E-state index is -0.0162. The van der Waals surface area contributed by atoms with E-state index >= 15 is 0 Å². The fraction of sp³-hybridized carbons (Fsp3) is 0.588. The normalized spacial score (nSPS) is 26.1. The van der Waals surface area contributed by atoms with Gasteiger partial charge in [0.25, 0.3) is 5.91 Å². The third kappa shape index (κ3) is 3.99. The van der Waals surface area contributed by atoms with Crippen LogP contribution in [0.2, 0.25) is 0 Å². The zero-order valence-electron chi connectivity index (χ0n) is 12.7. The van der Waals surface area contributed by atoms with Crippen LogP contribution in [0.1, 0.15) is 38.7 Å². The molecule has 1 saturated carbocycles. The van der Waals surface area contributed by atoms with Crippen molar-refractivity contribution < 1.29 is 9.53 Å². The molecule has 0 radical (unpaired) electrons. The number of carbonyl (C=O) groups is 1. The number of ether oxygens (including phenoxy) is 1. The molecule has 0 saturated heterocycles. The van der Waals surface area contributed by atoms with Crippen LogP contribution in [0.15, 0.2) is 24.3 Å². The average Bonchev–Trinajstić information content (AvgIpc) is 2.42. The highest BCUT2D eigenvalue weighted by Crippen LogP contribution is 2.29. The first-order valence-electron chi connectivity index (χ1n) is 7.55. The van der Waals surface area contributed by atoms with E-state index in [0.29, 0.717) is 17.9 Å². The molecule has 0 heterocycles. The SMILES string of the molecule is Cc1cccc(OCC(=O)N[C@H]2CCC[C@@H](C)[C@@H]2C)c1. The van der Waals surface area contributed by atoms with Crippen molar-refractivity contribution in [1.29, 1.82) is 0 Å². The average molecular weight is 275 g/mol. The predicted molar refractivity (Wildman–Crippen MR) is 80.8 cm³/mol. The lowest BCUT2D eigenvalue weighted by Gasteiger charge is -2.34. The van der Waals surface area contributed by atoms with Crippen molar-refractivity contribution in [3.05, 3.63) is 29.8 Å². The van der Waals surface area contributed by atoms with Crippen LogP contribution in [0, 0.1) is 18.8 Å². The quantitative estimate of drug-likeness (QED) is 0.915. The second-order valence-corrected chi connectivity index (χ2v) is 6.05. The van der Waals surface area contributed by atoms with Crippen LogP contribution in [0.3, 0.4) is 0 Å². The van der Waals surface area contributed by atoms with Gasteiger partial charge in [0.05, 0.1) is 0 Å². The molecule has 20 heavy (non-hydrogen) atoms. The maximum Gasteiger partial charge on any atom is 0.258 e. The van der Waals surface area contributed by atoms with Gasteiger partial charge in [-0.3, -0.25) is 4.79 Å². The molecule has 1 N–H and O–H groups in total. The molecule has 0 spiro atoms. The van der Waals surface area contributed by atoms with Gasteiger partial charge in [-0.2, -0.15) is 0 Å². The maximum absolute atomic E-state index is 12.0. The Labute approximate surface area is 121 Å². The van der Waals surface area contributed by atoms with Crippen molar-refractivity contribution in [3.8, 4) is 5.75 Å². The molecule has 1 amide bonds. The Morgan fingerprint density at radius 1 is 1.35 bits per heavy atom. The fourth-order valence-corrected chi connectivity index (χ4v) is 2.89. The van der Waals surface area contributed by atoms with Gasteiger partial charge in [0.2, 0.25) is 0 Å². The number of hydrogen-bond donors (Lipinski definition) is 1. The van der Waals surface area contributed by atoms with Crippen LogP contribution < -0.4 is 10.1 Å². The first-order chi connectivity index (χ1) is 9.56. The minimum Gasteiger partial charge on any atom is -0.484 e. The van der Waals surface area contributed by atoms with Gasteiger partial charge in [0.1, 0.15) is 5.75 Å². The summed E-state index contributed by atoms with van der Waals surface area (Å²) >= 11 is 0. The molecular formula is C17H25NO2. The lowest BCUT2D eigenvalue weighted by atomic mass is 9.78. The van der Waals surface area contributed by atoms with E-state index in [2.05, 4.69) is 19.2 Å². The van der Waals surface area contributed by atoms with Crippen molar-refractivity contribution >= 4 is 5.91 Å². The van der Waals surface area contributed by atoms with Gasteiger partial charge in [0, 0.05) is 6.04 Å². The highest BCUT2D eigenvalue weighted by atomic mass is 16.5. The van der Waals surface area contributed by atoms with E-state index < -0.39 is 0 Å². The van der Waals surface area contributed by atoms with Gasteiger partial charge in [-0.25, -0.2) is 0 Å². The molecule has 1 aromatic carbocycles. The van der Waals surface area contributed by atoms with Gasteiger partial charge in [0.15, 0.2) is 6.61 Å². The molecular weight excluding hydrogens is 250 g/mol. The van der Waals surface area contributed by atoms with Gasteiger partial charge in [-0.1, -0.05) is 38.8 Å². The highest BCUT2D eigenvalue weighted by molar-refractivity contribution is 5.77. The van der Waals surface area contributed by atoms with E-state index in [9.17, 15) is 4.79 Å². The molecule has 3 heteroatoms. The second-order valence-electron chi connectivity index (χ2n) is 6.05. The minimum absolute atomic E-state index is 0.0162. The third-order valence-electron chi connectivity index (χ3n) is 4.41. The number of rotatable bonds is 4. The van der Waals surface area contributed by atoms with Gasteiger partial charge >= 0.3 is 0 Å². The largest absolute Gasteiger partial charge is 0.484 e. The number of aryl methyl sites for hydroxylation is 1. The van der Waals surface area contributed by atoms with Crippen LogP contribution >= 0.6 is 0 Å². The van der Waals surface area contributed by atoms with Gasteiger partial charge < -0.3 is 10.1 Å². The van der Waals surface area contributed by atoms with Crippen molar-refractivity contribution in [1.82, 2.24) is 5.32 Å². The summed E-state index contributed by atoms with van der Waals surface area (Å²) in [6.07, 6.45) is 3.56. The summed E-state index contributed by atoms with van der Waals surface area (Å²) in [7, 11) is 0. The Balaban J connectivity index is 1.80. The molecule has 110 valence electrons. The van der Waals surface area contributed by atoms with Crippen LogP contribution in [-0.4, -0.2) is 18.6 Å². The smallest absolute Gasteiger partial charge is 0.258 e. The lowest BCUT2D eigenvalue weighted by Crippen LogP contribution is -2.45. The van der Waals surface area contributed by atoms with E-state index in [4.69, 9.17) is 4.74 Å². The highest BCUT2D eigenvalue weighted by Gasteiger charge is 2.28. The van der Waals surface area contributed by atoms with E-state index in [1.807, 2.05) is 31.2 Å². The summed E-state index contributed by atoms with van der Waals surface area (Å²) in [4.78, 5) is 12.0. The standard InChI is InChI=1S/C17H25NO2/c1-12-6-4-8-15(10-12)20-11-17(19)18-16-9-5-7-13(2)14(16)3/h4,6,8,10,13-14,16H,5,7,9,11H2,1-3H3,(H,18,19)/t13-,14+,16+/m1/s1. The Bertz CT molecular complexity index is 458. The summed E-state index contributed by atoms with van der Waals surface area (Å²) in [5.41, 5.74) is 1.14. The van der Waals surface area contributed by atoms with Crippen molar-refractivity contribution in [3.63, 3.8) is 0 Å². The van der Waals surface area contributed by atoms with E-state index in [0.717, 1.165) is 17.7 Å². The summed E-state index contributed by atoms with van der Waals surface area (Å²) < 4.78 is 5.54. The zero-order valence-corrected chi connectivity index (χ0v) is 12.7. The van der Waals surface area contributed by atoms with Crippen LogP contribution in [-0.2, 0) is 4.79 Å². The van der Waals surface area contributed by atoms with Crippen molar-refractivity contribution in [2.75, 3.05) is 6.61 Å². The molecule has 1 aliphatic rings. The second kappa shape index (κ2) is 6.78.